The summed E-state index contributed by atoms with van der Waals surface area (Å²) in [5, 5.41) is 0. The number of carbonyl (C=O) groups excluding carboxylic acids is 4. The van der Waals surface area contributed by atoms with Gasteiger partial charge in [-0.25, -0.2) is 0 Å². The lowest BCUT2D eigenvalue weighted by molar-refractivity contribution is -0.159. The summed E-state index contributed by atoms with van der Waals surface area (Å²) in [5.74, 6) is 6.24. The van der Waals surface area contributed by atoms with Crippen LogP contribution in [0, 0.1) is 92.7 Å². The van der Waals surface area contributed by atoms with Crippen molar-refractivity contribution < 1.29 is 28.7 Å². The van der Waals surface area contributed by atoms with E-state index in [-0.39, 0.29) is 70.5 Å². The molecule has 0 heterocycles. The molecule has 8 aliphatic carbocycles. The summed E-state index contributed by atoms with van der Waals surface area (Å²) in [6.45, 7) is 24.1. The molecule has 0 aromatic carbocycles. The van der Waals surface area contributed by atoms with Gasteiger partial charge in [-0.15, -0.1) is 0 Å². The van der Waals surface area contributed by atoms with E-state index in [2.05, 4.69) is 69.2 Å². The molecule has 0 amide bonds. The van der Waals surface area contributed by atoms with E-state index in [1.165, 1.54) is 88.2 Å². The molecular weight excluding hydrogens is 793 g/mol. The maximum atomic E-state index is 14.1. The van der Waals surface area contributed by atoms with Crippen molar-refractivity contribution in [1.82, 2.24) is 0 Å². The SMILES string of the molecule is CC(C)CCC[C@@H](C)[C@H]1CC[C@H]2[C@@H]3C(=O)C=C4C[C@@H](OC(=O)CCC(=O)O[C@H]5CC[C@@]6(C)C(=CC(=O)[C@H]7[C@@H]8CC[C@H]([C@H](C)CCCC(C)C)[C@@]8(C)CC[C@@H]76)C5)CC[C@]4(C)[C@H]3CC[C@]12C. The number of fused-ring (bicyclic) bond motifs is 10. The van der Waals surface area contributed by atoms with Crippen LogP contribution in [-0.4, -0.2) is 35.7 Å². The van der Waals surface area contributed by atoms with Crippen molar-refractivity contribution in [3.05, 3.63) is 23.3 Å². The van der Waals surface area contributed by atoms with Gasteiger partial charge in [-0.3, -0.25) is 19.2 Å². The lowest BCUT2D eigenvalue weighted by atomic mass is 9.46. The van der Waals surface area contributed by atoms with Crippen molar-refractivity contribution in [2.45, 2.75) is 223 Å². The van der Waals surface area contributed by atoms with Crippen molar-refractivity contribution in [2.24, 2.45) is 92.7 Å². The second-order valence-corrected chi connectivity index (χ2v) is 25.7. The van der Waals surface area contributed by atoms with E-state index in [1.54, 1.807) is 0 Å². The summed E-state index contributed by atoms with van der Waals surface area (Å²) in [5.41, 5.74) is 2.83. The van der Waals surface area contributed by atoms with E-state index in [0.717, 1.165) is 50.4 Å². The van der Waals surface area contributed by atoms with Crippen LogP contribution in [0.3, 0.4) is 0 Å². The van der Waals surface area contributed by atoms with E-state index in [4.69, 9.17) is 9.47 Å². The first-order valence-corrected chi connectivity index (χ1v) is 27.2. The Balaban J connectivity index is 0.811. The van der Waals surface area contributed by atoms with Crippen LogP contribution in [0.25, 0.3) is 0 Å². The molecule has 6 heteroatoms. The second kappa shape index (κ2) is 18.7. The van der Waals surface area contributed by atoms with Gasteiger partial charge in [0.1, 0.15) is 12.2 Å². The molecule has 6 fully saturated rings. The van der Waals surface area contributed by atoms with Gasteiger partial charge in [0.05, 0.1) is 12.8 Å². The Hall–Kier alpha value is -2.24. The molecule has 0 spiro atoms. The van der Waals surface area contributed by atoms with Crippen LogP contribution in [0.1, 0.15) is 210 Å². The molecule has 8 rings (SSSR count). The number of carbonyl (C=O) groups is 4. The van der Waals surface area contributed by atoms with Crippen molar-refractivity contribution in [2.75, 3.05) is 0 Å². The van der Waals surface area contributed by atoms with E-state index in [9.17, 15) is 19.2 Å². The zero-order valence-electron chi connectivity index (χ0n) is 42.2. The summed E-state index contributed by atoms with van der Waals surface area (Å²) >= 11 is 0. The first-order valence-electron chi connectivity index (χ1n) is 27.2. The highest BCUT2D eigenvalue weighted by atomic mass is 16.6. The van der Waals surface area contributed by atoms with E-state index < -0.39 is 0 Å². The smallest absolute Gasteiger partial charge is 0.306 e. The molecule has 6 saturated carbocycles. The minimum atomic E-state index is -0.356. The maximum Gasteiger partial charge on any atom is 0.306 e. The first kappa shape index (κ1) is 48.2. The fraction of sp³-hybridized carbons (Fsp3) is 0.862. The number of rotatable bonds is 15. The van der Waals surface area contributed by atoms with Gasteiger partial charge >= 0.3 is 11.9 Å². The van der Waals surface area contributed by atoms with E-state index in [0.29, 0.717) is 71.8 Å². The van der Waals surface area contributed by atoms with Gasteiger partial charge in [0.25, 0.3) is 0 Å². The molecule has 0 bridgehead atoms. The van der Waals surface area contributed by atoms with Crippen LogP contribution in [0.2, 0.25) is 0 Å². The molecule has 0 radical (unpaired) electrons. The van der Waals surface area contributed by atoms with Crippen LogP contribution in [-0.2, 0) is 28.7 Å². The Kier molecular flexibility index (Phi) is 14.1. The first-order chi connectivity index (χ1) is 30.3. The largest absolute Gasteiger partial charge is 0.462 e. The lowest BCUT2D eigenvalue weighted by Gasteiger charge is -2.57. The predicted octanol–water partition coefficient (Wildman–Crippen LogP) is 14.0. The fourth-order valence-electron chi connectivity index (χ4n) is 17.7. The number of esters is 2. The monoisotopic (exact) mass is 883 g/mol. The molecule has 0 aromatic heterocycles. The van der Waals surface area contributed by atoms with Gasteiger partial charge in [-0.2, -0.15) is 0 Å². The van der Waals surface area contributed by atoms with E-state index in [1.807, 2.05) is 12.2 Å². The third-order valence-corrected chi connectivity index (χ3v) is 21.3. The standard InChI is InChI=1S/C58H90O6/c1-35(2)13-11-15-37(5)43-17-19-45-53-47(25-29-57(43,45)9)55(7)27-23-41(31-39(55)33-49(53)59)63-51(61)21-22-52(62)64-42-24-28-56(8)40(32-42)34-50(60)54-46-20-18-44(38(6)16-12-14-36(3)4)58(46,10)30-26-48(54)56/h33-38,41-48,53-54H,11-32H2,1-10H3/t37-,38-,41+,42+,43-,44-,45+,46+,47+,48+,53+,54+,55+,56+,57-,58-/m1/s1. The molecule has 0 saturated heterocycles. The van der Waals surface area contributed by atoms with Gasteiger partial charge in [-0.05, 0) is 170 Å². The van der Waals surface area contributed by atoms with E-state index >= 15 is 0 Å². The maximum absolute atomic E-state index is 14.1. The number of ether oxygens (including phenoxy) is 2. The van der Waals surface area contributed by atoms with Crippen molar-refractivity contribution >= 4 is 23.5 Å². The molecule has 6 nitrogen and oxygen atoms in total. The molecule has 16 atom stereocenters. The molecule has 8 aliphatic rings. The highest BCUT2D eigenvalue weighted by Gasteiger charge is 2.63. The Morgan fingerprint density at radius 3 is 1.30 bits per heavy atom. The van der Waals surface area contributed by atoms with Gasteiger partial charge in [0, 0.05) is 24.7 Å². The third kappa shape index (κ3) is 8.84. The van der Waals surface area contributed by atoms with Gasteiger partial charge in [0.15, 0.2) is 11.6 Å². The minimum absolute atomic E-state index is 0.000530. The van der Waals surface area contributed by atoms with Gasteiger partial charge in [-0.1, -0.05) is 119 Å². The summed E-state index contributed by atoms with van der Waals surface area (Å²) in [6, 6.07) is 0. The van der Waals surface area contributed by atoms with Crippen LogP contribution in [0.5, 0.6) is 0 Å². The zero-order valence-corrected chi connectivity index (χ0v) is 42.2. The Morgan fingerprint density at radius 2 is 0.922 bits per heavy atom. The van der Waals surface area contributed by atoms with Crippen LogP contribution in [0.15, 0.2) is 23.3 Å². The fourth-order valence-corrected chi connectivity index (χ4v) is 17.7. The molecular formula is C58H90O6. The van der Waals surface area contributed by atoms with Crippen LogP contribution in [0.4, 0.5) is 0 Å². The molecule has 0 aromatic rings. The van der Waals surface area contributed by atoms with Crippen LogP contribution < -0.4 is 0 Å². The van der Waals surface area contributed by atoms with Crippen LogP contribution >= 0.6 is 0 Å². The minimum Gasteiger partial charge on any atom is -0.462 e. The summed E-state index contributed by atoms with van der Waals surface area (Å²) in [6.07, 6.45) is 25.6. The highest BCUT2D eigenvalue weighted by Crippen LogP contribution is 2.68. The summed E-state index contributed by atoms with van der Waals surface area (Å²) < 4.78 is 12.1. The molecule has 0 aliphatic heterocycles. The number of hydrogen-bond donors (Lipinski definition) is 0. The van der Waals surface area contributed by atoms with Crippen molar-refractivity contribution in [1.29, 1.82) is 0 Å². The van der Waals surface area contributed by atoms with Gasteiger partial charge < -0.3 is 9.47 Å². The Labute approximate surface area is 389 Å². The summed E-state index contributed by atoms with van der Waals surface area (Å²) in [4.78, 5) is 54.8. The second-order valence-electron chi connectivity index (χ2n) is 25.7. The topological polar surface area (TPSA) is 86.7 Å². The number of allylic oxidation sites excluding steroid dienone is 2. The average molecular weight is 883 g/mol. The molecule has 64 heavy (non-hydrogen) atoms. The third-order valence-electron chi connectivity index (χ3n) is 21.3. The Morgan fingerprint density at radius 1 is 0.531 bits per heavy atom. The van der Waals surface area contributed by atoms with Crippen molar-refractivity contribution in [3.8, 4) is 0 Å². The quantitative estimate of drug-likeness (QED) is 0.152. The molecule has 0 N–H and O–H groups in total. The predicted molar refractivity (Wildman–Crippen MR) is 256 cm³/mol. The number of hydrogen-bond acceptors (Lipinski definition) is 6. The van der Waals surface area contributed by atoms with Gasteiger partial charge in [0.2, 0.25) is 0 Å². The molecule has 358 valence electrons. The molecule has 0 unspecified atom stereocenters. The highest BCUT2D eigenvalue weighted by molar-refractivity contribution is 5.95. The lowest BCUT2D eigenvalue weighted by Crippen LogP contribution is -2.54. The van der Waals surface area contributed by atoms with Crippen molar-refractivity contribution in [3.63, 3.8) is 0 Å². The zero-order chi connectivity index (χ0) is 45.9. The Bertz CT molecular complexity index is 1690. The summed E-state index contributed by atoms with van der Waals surface area (Å²) in [7, 11) is 0. The normalized spacial score (nSPS) is 42.3. The number of ketones is 2. The average Bonchev–Trinajstić information content (AvgIpc) is 3.77.